The van der Waals surface area contributed by atoms with Crippen molar-refractivity contribution in [3.8, 4) is 5.69 Å². The third-order valence-electron chi connectivity index (χ3n) is 4.77. The largest absolute Gasteiger partial charge is 0.462 e. The van der Waals surface area contributed by atoms with Gasteiger partial charge in [0.05, 0.1) is 21.6 Å². The van der Waals surface area contributed by atoms with E-state index in [2.05, 4.69) is 4.98 Å². The van der Waals surface area contributed by atoms with E-state index in [1.165, 1.54) is 6.07 Å². The lowest BCUT2D eigenvalue weighted by molar-refractivity contribution is -0.147. The van der Waals surface area contributed by atoms with Crippen LogP contribution in [0.1, 0.15) is 44.1 Å². The van der Waals surface area contributed by atoms with Crippen LogP contribution in [0.2, 0.25) is 5.02 Å². The van der Waals surface area contributed by atoms with Gasteiger partial charge in [0.1, 0.15) is 11.9 Å². The average molecular weight is 439 g/mol. The first-order valence-electron chi connectivity index (χ1n) is 9.70. The van der Waals surface area contributed by atoms with E-state index in [4.69, 9.17) is 16.3 Å². The Hall–Kier alpha value is -2.54. The summed E-state index contributed by atoms with van der Waals surface area (Å²) in [5, 5.41) is -0.359. The number of ether oxygens (including phenoxy) is 1. The van der Waals surface area contributed by atoms with Crippen molar-refractivity contribution in [1.29, 1.82) is 0 Å². The van der Waals surface area contributed by atoms with E-state index in [9.17, 15) is 18.0 Å². The van der Waals surface area contributed by atoms with Gasteiger partial charge in [-0.25, -0.2) is 4.98 Å². The van der Waals surface area contributed by atoms with Gasteiger partial charge in [-0.1, -0.05) is 37.6 Å². The molecule has 0 saturated heterocycles. The highest BCUT2D eigenvalue weighted by molar-refractivity contribution is 6.32. The molecule has 8 heteroatoms. The highest BCUT2D eigenvalue weighted by atomic mass is 35.5. The van der Waals surface area contributed by atoms with Crippen molar-refractivity contribution in [2.24, 2.45) is 0 Å². The van der Waals surface area contributed by atoms with Crippen LogP contribution in [-0.4, -0.2) is 21.6 Å². The van der Waals surface area contributed by atoms with Gasteiger partial charge in [-0.2, -0.15) is 13.2 Å². The summed E-state index contributed by atoms with van der Waals surface area (Å²) in [6, 6.07) is 9.85. The molecule has 0 radical (unpaired) electrons. The van der Waals surface area contributed by atoms with Crippen LogP contribution in [0.15, 0.2) is 36.4 Å². The molecule has 1 heterocycles. The predicted molar refractivity (Wildman–Crippen MR) is 110 cm³/mol. The molecule has 160 valence electrons. The lowest BCUT2D eigenvalue weighted by atomic mass is 10.1. The Morgan fingerprint density at radius 3 is 2.43 bits per heavy atom. The van der Waals surface area contributed by atoms with Gasteiger partial charge < -0.3 is 4.74 Å². The topological polar surface area (TPSA) is 44.1 Å². The zero-order valence-electron chi connectivity index (χ0n) is 16.9. The molecule has 4 nitrogen and oxygen atoms in total. The minimum atomic E-state index is -4.54. The molecule has 0 bridgehead atoms. The first kappa shape index (κ1) is 22.2. The third-order valence-corrected chi connectivity index (χ3v) is 5.09. The number of rotatable bonds is 6. The van der Waals surface area contributed by atoms with Crippen molar-refractivity contribution in [1.82, 2.24) is 9.55 Å². The van der Waals surface area contributed by atoms with Crippen molar-refractivity contribution >= 4 is 28.6 Å². The summed E-state index contributed by atoms with van der Waals surface area (Å²) in [6.45, 7) is 5.47. The van der Waals surface area contributed by atoms with Crippen molar-refractivity contribution in [2.45, 2.75) is 52.3 Å². The van der Waals surface area contributed by atoms with E-state index in [1.807, 2.05) is 42.7 Å². The lowest BCUT2D eigenvalue weighted by Gasteiger charge is -2.14. The summed E-state index contributed by atoms with van der Waals surface area (Å²) in [4.78, 5) is 15.8. The smallest absolute Gasteiger partial charge is 0.417 e. The minimum Gasteiger partial charge on any atom is -0.462 e. The van der Waals surface area contributed by atoms with E-state index in [1.54, 1.807) is 6.92 Å². The number of esters is 1. The summed E-state index contributed by atoms with van der Waals surface area (Å²) in [5.41, 5.74) is 1.62. The summed E-state index contributed by atoms with van der Waals surface area (Å²) >= 11 is 5.93. The monoisotopic (exact) mass is 438 g/mol. The third kappa shape index (κ3) is 4.61. The fraction of sp³-hybridized carbons (Fsp3) is 0.364. The quantitative estimate of drug-likeness (QED) is 0.434. The predicted octanol–water partition coefficient (Wildman–Crippen LogP) is 6.14. The fourth-order valence-corrected chi connectivity index (χ4v) is 3.62. The van der Waals surface area contributed by atoms with Crippen LogP contribution in [-0.2, 0) is 28.5 Å². The molecule has 0 unspecified atom stereocenters. The molecule has 0 saturated carbocycles. The molecule has 0 amide bonds. The summed E-state index contributed by atoms with van der Waals surface area (Å²) in [5.74, 6) is 0.394. The minimum absolute atomic E-state index is 0.243. The number of fused-ring (bicyclic) bond motifs is 1. The van der Waals surface area contributed by atoms with Gasteiger partial charge in [0.25, 0.3) is 0 Å². The molecule has 0 N–H and O–H groups in total. The number of alkyl halides is 3. The van der Waals surface area contributed by atoms with Gasteiger partial charge in [-0.05, 0) is 36.8 Å². The number of hydrogen-bond donors (Lipinski definition) is 0. The Bertz CT molecular complexity index is 1060. The molecule has 0 aliphatic rings. The Balaban J connectivity index is 1.96. The molecule has 3 aromatic rings. The van der Waals surface area contributed by atoms with Gasteiger partial charge in [-0.3, -0.25) is 9.36 Å². The molecule has 0 spiro atoms. The maximum atomic E-state index is 13.2. The number of carbonyl (C=O) groups is 1. The van der Waals surface area contributed by atoms with E-state index in [-0.39, 0.29) is 22.6 Å². The van der Waals surface area contributed by atoms with E-state index >= 15 is 0 Å². The Morgan fingerprint density at radius 2 is 1.87 bits per heavy atom. The second-order valence-electron chi connectivity index (χ2n) is 7.06. The number of imidazole rings is 1. The number of carbonyl (C=O) groups excluding carboxylic acids is 1. The Morgan fingerprint density at radius 1 is 1.20 bits per heavy atom. The van der Waals surface area contributed by atoms with Gasteiger partial charge in [0.2, 0.25) is 0 Å². The maximum absolute atomic E-state index is 13.2. The summed E-state index contributed by atoms with van der Waals surface area (Å²) < 4.78 is 46.7. The molecule has 30 heavy (non-hydrogen) atoms. The van der Waals surface area contributed by atoms with Crippen LogP contribution < -0.4 is 0 Å². The van der Waals surface area contributed by atoms with Crippen LogP contribution in [0, 0.1) is 0 Å². The van der Waals surface area contributed by atoms with E-state index in [0.29, 0.717) is 30.6 Å². The Kier molecular flexibility index (Phi) is 6.41. The first-order valence-corrected chi connectivity index (χ1v) is 10.1. The lowest BCUT2D eigenvalue weighted by Crippen LogP contribution is -2.16. The van der Waals surface area contributed by atoms with E-state index < -0.39 is 11.7 Å². The molecular formula is C22H22ClF3N2O2. The number of hydrogen-bond acceptors (Lipinski definition) is 3. The van der Waals surface area contributed by atoms with Crippen LogP contribution >= 0.6 is 11.6 Å². The van der Waals surface area contributed by atoms with Crippen molar-refractivity contribution in [2.75, 3.05) is 0 Å². The molecule has 0 fully saturated rings. The molecule has 1 aromatic heterocycles. The Labute approximate surface area is 177 Å². The average Bonchev–Trinajstić information content (AvgIpc) is 3.04. The van der Waals surface area contributed by atoms with Crippen LogP contribution in [0.5, 0.6) is 0 Å². The molecule has 0 aliphatic heterocycles. The summed E-state index contributed by atoms with van der Waals surface area (Å²) in [7, 11) is 0. The van der Waals surface area contributed by atoms with Gasteiger partial charge in [0, 0.05) is 24.9 Å². The molecule has 2 aromatic carbocycles. The molecule has 3 rings (SSSR count). The maximum Gasteiger partial charge on any atom is 0.417 e. The van der Waals surface area contributed by atoms with E-state index in [0.717, 1.165) is 17.3 Å². The van der Waals surface area contributed by atoms with Crippen molar-refractivity contribution < 1.29 is 22.7 Å². The number of nitrogens with zero attached hydrogens (tertiary/aromatic N) is 2. The highest BCUT2D eigenvalue weighted by Gasteiger charge is 2.34. The van der Waals surface area contributed by atoms with Gasteiger partial charge in [0.15, 0.2) is 0 Å². The van der Waals surface area contributed by atoms with Crippen LogP contribution in [0.4, 0.5) is 13.2 Å². The normalized spacial score (nSPS) is 12.9. The molecule has 0 aliphatic carbocycles. The zero-order chi connectivity index (χ0) is 22.1. The number of benzene rings is 2. The SMILES string of the molecule is CCC(=O)O[C@@H](C)Cc1ccc(-n2c(CC)nc3cc(C(F)(F)F)c(Cl)cc32)cc1. The van der Waals surface area contributed by atoms with Gasteiger partial charge in [-0.15, -0.1) is 0 Å². The second kappa shape index (κ2) is 8.68. The zero-order valence-corrected chi connectivity index (χ0v) is 17.6. The summed E-state index contributed by atoms with van der Waals surface area (Å²) in [6.07, 6.45) is -3.35. The van der Waals surface area contributed by atoms with Crippen LogP contribution in [0.25, 0.3) is 16.7 Å². The second-order valence-corrected chi connectivity index (χ2v) is 7.47. The number of aryl methyl sites for hydroxylation is 1. The molecule has 1 atom stereocenters. The standard InChI is InChI=1S/C22H22ClF3N2O2/c1-4-20-27-18-11-16(22(24,25)26)17(23)12-19(18)28(20)15-8-6-14(7-9-15)10-13(3)30-21(29)5-2/h6-9,11-13H,4-5,10H2,1-3H3/t13-/m0/s1. The number of halogens is 4. The van der Waals surface area contributed by atoms with Gasteiger partial charge >= 0.3 is 12.1 Å². The van der Waals surface area contributed by atoms with Crippen molar-refractivity contribution in [3.05, 3.63) is 58.4 Å². The highest BCUT2D eigenvalue weighted by Crippen LogP contribution is 2.37. The number of aromatic nitrogens is 2. The van der Waals surface area contributed by atoms with Crippen molar-refractivity contribution in [3.63, 3.8) is 0 Å². The molecular weight excluding hydrogens is 417 g/mol. The fourth-order valence-electron chi connectivity index (χ4n) is 3.35. The first-order chi connectivity index (χ1) is 14.1. The van der Waals surface area contributed by atoms with Crippen LogP contribution in [0.3, 0.4) is 0 Å².